The van der Waals surface area contributed by atoms with E-state index >= 15 is 0 Å². The summed E-state index contributed by atoms with van der Waals surface area (Å²) in [4.78, 5) is 17.4. The van der Waals surface area contributed by atoms with Gasteiger partial charge in [-0.2, -0.15) is 18.2 Å². The summed E-state index contributed by atoms with van der Waals surface area (Å²) in [6, 6.07) is 0. The molecule has 11 heteroatoms. The zero-order chi connectivity index (χ0) is 15.1. The number of rotatable bonds is 4. The van der Waals surface area contributed by atoms with Crippen molar-refractivity contribution in [1.82, 2.24) is 9.97 Å². The highest BCUT2D eigenvalue weighted by Gasteiger charge is 2.64. The number of nitro groups is 1. The standard InChI is InChI=1S/C9H11F3N6O2/c1-4-5(18(19)20)6(15-7(14-4)17-13)16-8(2-3-8)9(10,11)12/h2-3,13H2,1H3,(H2,14,15,16,17). The Morgan fingerprint density at radius 2 is 2.00 bits per heavy atom. The van der Waals surface area contributed by atoms with Crippen molar-refractivity contribution < 1.29 is 18.1 Å². The maximum Gasteiger partial charge on any atom is 0.411 e. The Bertz CT molecular complexity index is 557. The smallest absolute Gasteiger partial charge is 0.350 e. The van der Waals surface area contributed by atoms with Crippen LogP contribution in [0.25, 0.3) is 0 Å². The zero-order valence-electron chi connectivity index (χ0n) is 10.3. The minimum absolute atomic E-state index is 0.0848. The molecule has 0 aromatic carbocycles. The van der Waals surface area contributed by atoms with Crippen LogP contribution in [0.15, 0.2) is 0 Å². The molecule has 0 amide bonds. The third-order valence-electron chi connectivity index (χ3n) is 3.02. The number of nitrogen functional groups attached to an aromatic ring is 1. The average Bonchev–Trinajstić information content (AvgIpc) is 3.07. The van der Waals surface area contributed by atoms with Crippen LogP contribution in [0.4, 0.5) is 30.6 Å². The van der Waals surface area contributed by atoms with E-state index in [-0.39, 0.29) is 24.5 Å². The van der Waals surface area contributed by atoms with Crippen LogP contribution in [0.3, 0.4) is 0 Å². The second-order valence-electron chi connectivity index (χ2n) is 4.44. The lowest BCUT2D eigenvalue weighted by Gasteiger charge is -2.21. The van der Waals surface area contributed by atoms with Crippen LogP contribution in [0.1, 0.15) is 18.5 Å². The van der Waals surface area contributed by atoms with Crippen molar-refractivity contribution in [1.29, 1.82) is 0 Å². The van der Waals surface area contributed by atoms with E-state index in [4.69, 9.17) is 5.84 Å². The molecule has 1 fully saturated rings. The molecule has 0 saturated heterocycles. The highest BCUT2D eigenvalue weighted by molar-refractivity contribution is 5.62. The van der Waals surface area contributed by atoms with Gasteiger partial charge in [-0.05, 0) is 19.8 Å². The van der Waals surface area contributed by atoms with Crippen molar-refractivity contribution in [3.63, 3.8) is 0 Å². The first-order valence-electron chi connectivity index (χ1n) is 5.55. The average molecular weight is 292 g/mol. The molecule has 0 aliphatic heterocycles. The van der Waals surface area contributed by atoms with Crippen LogP contribution >= 0.6 is 0 Å². The lowest BCUT2D eigenvalue weighted by atomic mass is 10.2. The summed E-state index contributed by atoms with van der Waals surface area (Å²) in [7, 11) is 0. The van der Waals surface area contributed by atoms with E-state index in [2.05, 4.69) is 20.7 Å². The third-order valence-corrected chi connectivity index (χ3v) is 3.02. The van der Waals surface area contributed by atoms with E-state index in [0.29, 0.717) is 0 Å². The maximum absolute atomic E-state index is 12.9. The minimum atomic E-state index is -4.52. The van der Waals surface area contributed by atoms with E-state index in [0.717, 1.165) is 0 Å². The van der Waals surface area contributed by atoms with E-state index < -0.39 is 28.1 Å². The predicted octanol–water partition coefficient (Wildman–Crippen LogP) is 1.49. The number of halogens is 3. The molecule has 0 atom stereocenters. The number of hydrogen-bond acceptors (Lipinski definition) is 7. The topological polar surface area (TPSA) is 119 Å². The second-order valence-corrected chi connectivity index (χ2v) is 4.44. The van der Waals surface area contributed by atoms with Crippen molar-refractivity contribution in [2.24, 2.45) is 5.84 Å². The molecule has 1 aliphatic carbocycles. The Kier molecular flexibility index (Phi) is 3.16. The number of nitrogens with two attached hydrogens (primary N) is 1. The summed E-state index contributed by atoms with van der Waals surface area (Å²) in [5.41, 5.74) is -0.792. The summed E-state index contributed by atoms with van der Waals surface area (Å²) in [6.07, 6.45) is -4.85. The number of hydrogen-bond donors (Lipinski definition) is 3. The van der Waals surface area contributed by atoms with Crippen molar-refractivity contribution in [3.8, 4) is 0 Å². The Morgan fingerprint density at radius 1 is 1.40 bits per heavy atom. The van der Waals surface area contributed by atoms with E-state index in [9.17, 15) is 23.3 Å². The highest BCUT2D eigenvalue weighted by atomic mass is 19.4. The summed E-state index contributed by atoms with van der Waals surface area (Å²) in [6.45, 7) is 1.29. The molecule has 1 saturated carbocycles. The van der Waals surface area contributed by atoms with Gasteiger partial charge in [-0.15, -0.1) is 0 Å². The summed E-state index contributed by atoms with van der Waals surface area (Å²) in [5.74, 6) is 4.39. The van der Waals surface area contributed by atoms with Gasteiger partial charge in [-0.1, -0.05) is 0 Å². The van der Waals surface area contributed by atoms with Gasteiger partial charge < -0.3 is 5.32 Å². The molecule has 20 heavy (non-hydrogen) atoms. The van der Waals surface area contributed by atoms with Gasteiger partial charge in [0.05, 0.1) is 4.92 Å². The Labute approximate surface area is 110 Å². The van der Waals surface area contributed by atoms with Crippen molar-refractivity contribution >= 4 is 17.5 Å². The van der Waals surface area contributed by atoms with Gasteiger partial charge in [0, 0.05) is 0 Å². The molecule has 8 nitrogen and oxygen atoms in total. The fourth-order valence-corrected chi connectivity index (χ4v) is 1.77. The number of nitrogens with zero attached hydrogens (tertiary/aromatic N) is 3. The molecule has 0 spiro atoms. The number of alkyl halides is 3. The summed E-state index contributed by atoms with van der Waals surface area (Å²) >= 11 is 0. The van der Waals surface area contributed by atoms with Gasteiger partial charge in [0.1, 0.15) is 11.2 Å². The van der Waals surface area contributed by atoms with E-state index in [1.54, 1.807) is 0 Å². The number of hydrazine groups is 1. The van der Waals surface area contributed by atoms with Crippen molar-refractivity contribution in [2.45, 2.75) is 31.5 Å². The van der Waals surface area contributed by atoms with Crippen molar-refractivity contribution in [2.75, 3.05) is 10.7 Å². The largest absolute Gasteiger partial charge is 0.411 e. The van der Waals surface area contributed by atoms with Gasteiger partial charge >= 0.3 is 11.9 Å². The van der Waals surface area contributed by atoms with Gasteiger partial charge in [-0.3, -0.25) is 15.5 Å². The van der Waals surface area contributed by atoms with Crippen LogP contribution in [0.2, 0.25) is 0 Å². The second kappa shape index (κ2) is 4.44. The number of anilines is 2. The van der Waals surface area contributed by atoms with Crippen LogP contribution in [-0.4, -0.2) is 26.6 Å². The monoisotopic (exact) mass is 292 g/mol. The Balaban J connectivity index is 2.45. The number of aryl methyl sites for hydroxylation is 1. The SMILES string of the molecule is Cc1nc(NN)nc(NC2(C(F)(F)F)CC2)c1[N+](=O)[O-]. The molecule has 1 aliphatic rings. The first kappa shape index (κ1) is 14.2. The first-order valence-corrected chi connectivity index (χ1v) is 5.55. The van der Waals surface area contributed by atoms with Gasteiger partial charge in [0.2, 0.25) is 11.8 Å². The minimum Gasteiger partial charge on any atom is -0.350 e. The molecule has 4 N–H and O–H groups in total. The fourth-order valence-electron chi connectivity index (χ4n) is 1.77. The molecule has 0 unspecified atom stereocenters. The Hall–Kier alpha value is -2.17. The zero-order valence-corrected chi connectivity index (χ0v) is 10.3. The van der Waals surface area contributed by atoms with Crippen LogP contribution in [0.5, 0.6) is 0 Å². The van der Waals surface area contributed by atoms with Gasteiger partial charge in [-0.25, -0.2) is 10.8 Å². The lowest BCUT2D eigenvalue weighted by molar-refractivity contribution is -0.385. The summed E-state index contributed by atoms with van der Waals surface area (Å²) < 4.78 is 38.6. The lowest BCUT2D eigenvalue weighted by Crippen LogP contribution is -2.39. The van der Waals surface area contributed by atoms with Crippen LogP contribution < -0.4 is 16.6 Å². The van der Waals surface area contributed by atoms with E-state index in [1.165, 1.54) is 6.92 Å². The molecule has 0 bridgehead atoms. The molecular formula is C9H11F3N6O2. The molecule has 0 radical (unpaired) electrons. The van der Waals surface area contributed by atoms with Gasteiger partial charge in [0.25, 0.3) is 0 Å². The van der Waals surface area contributed by atoms with Gasteiger partial charge in [0.15, 0.2) is 0 Å². The summed E-state index contributed by atoms with van der Waals surface area (Å²) in [5, 5.41) is 13.1. The molecule has 1 aromatic heterocycles. The molecule has 110 valence electrons. The Morgan fingerprint density at radius 3 is 2.40 bits per heavy atom. The quantitative estimate of drug-likeness (QED) is 0.437. The normalized spacial score (nSPS) is 16.6. The van der Waals surface area contributed by atoms with Crippen molar-refractivity contribution in [3.05, 3.63) is 15.8 Å². The van der Waals surface area contributed by atoms with Crippen LogP contribution in [0, 0.1) is 17.0 Å². The number of nitrogens with one attached hydrogen (secondary N) is 2. The van der Waals surface area contributed by atoms with E-state index in [1.807, 2.05) is 0 Å². The first-order chi connectivity index (χ1) is 9.20. The fraction of sp³-hybridized carbons (Fsp3) is 0.556. The highest BCUT2D eigenvalue weighted by Crippen LogP contribution is 2.51. The predicted molar refractivity (Wildman–Crippen MR) is 62.9 cm³/mol. The maximum atomic E-state index is 12.9. The third kappa shape index (κ3) is 2.31. The molecule has 2 rings (SSSR count). The molecular weight excluding hydrogens is 281 g/mol. The molecule has 1 heterocycles. The number of aromatic nitrogens is 2. The van der Waals surface area contributed by atoms with Crippen LogP contribution in [-0.2, 0) is 0 Å². The molecule has 1 aromatic rings.